The minimum absolute atomic E-state index is 1.10. The fourth-order valence-corrected chi connectivity index (χ4v) is 11.3. The average molecular weight is 819 g/mol. The second-order valence-corrected chi connectivity index (χ2v) is 17.5. The zero-order chi connectivity index (χ0) is 41.4. The van der Waals surface area contributed by atoms with E-state index in [1.807, 2.05) is 11.3 Å². The molecule has 0 aliphatic rings. The molecule has 2 nitrogen and oxygen atoms in total. The standard InChI is InChI=1S/C60H38N2S/c1-3-18-43(19-4-1)61(45-33-30-39(31-34-45)54-36-40-16-7-9-22-46(40)49-24-11-12-25-50(49)54)56-38-41-17-8-10-23-47(41)59-58(56)53-35-32-42(37-55(53)62(59)44-20-5-2-6-21-44)48-27-15-28-52-51-26-13-14-29-57(51)63-60(48)52/h1-38H. The number of benzene rings is 11. The first-order valence-electron chi connectivity index (χ1n) is 21.6. The van der Waals surface area contributed by atoms with Gasteiger partial charge < -0.3 is 9.47 Å². The molecule has 0 saturated carbocycles. The summed E-state index contributed by atoms with van der Waals surface area (Å²) in [5, 5.41) is 12.5. The van der Waals surface area contributed by atoms with Crippen LogP contribution in [-0.2, 0) is 0 Å². The van der Waals surface area contributed by atoms with E-state index >= 15 is 0 Å². The minimum Gasteiger partial charge on any atom is -0.310 e. The largest absolute Gasteiger partial charge is 0.310 e. The average Bonchev–Trinajstić information content (AvgIpc) is 3.91. The summed E-state index contributed by atoms with van der Waals surface area (Å²) >= 11 is 1.88. The number of hydrogen-bond donors (Lipinski definition) is 0. The molecule has 11 aromatic carbocycles. The van der Waals surface area contributed by atoms with Gasteiger partial charge in [0.25, 0.3) is 0 Å². The van der Waals surface area contributed by atoms with Crippen LogP contribution in [0.2, 0.25) is 0 Å². The van der Waals surface area contributed by atoms with Crippen molar-refractivity contribution in [1.29, 1.82) is 0 Å². The van der Waals surface area contributed by atoms with Gasteiger partial charge in [-0.2, -0.15) is 0 Å². The summed E-state index contributed by atoms with van der Waals surface area (Å²) in [6.45, 7) is 0. The molecular weight excluding hydrogens is 781 g/mol. The first kappa shape index (κ1) is 35.7. The molecule has 13 rings (SSSR count). The van der Waals surface area contributed by atoms with E-state index in [1.54, 1.807) is 0 Å². The molecule has 0 saturated heterocycles. The minimum atomic E-state index is 1.10. The first-order valence-corrected chi connectivity index (χ1v) is 22.4. The number of nitrogens with zero attached hydrogens (tertiary/aromatic N) is 2. The highest BCUT2D eigenvalue weighted by atomic mass is 32.1. The van der Waals surface area contributed by atoms with Gasteiger partial charge in [-0.15, -0.1) is 11.3 Å². The van der Waals surface area contributed by atoms with Gasteiger partial charge in [-0.05, 0) is 110 Å². The Morgan fingerprint density at radius 1 is 0.365 bits per heavy atom. The fourth-order valence-electron chi connectivity index (χ4n) is 10.1. The van der Waals surface area contributed by atoms with Gasteiger partial charge in [0.15, 0.2) is 0 Å². The Morgan fingerprint density at radius 3 is 1.76 bits per heavy atom. The molecule has 0 bridgehead atoms. The van der Waals surface area contributed by atoms with Crippen LogP contribution < -0.4 is 4.90 Å². The second kappa shape index (κ2) is 14.3. The smallest absolute Gasteiger partial charge is 0.0640 e. The highest BCUT2D eigenvalue weighted by molar-refractivity contribution is 7.26. The Kier molecular flexibility index (Phi) is 8.12. The molecule has 0 radical (unpaired) electrons. The van der Waals surface area contributed by atoms with Crippen LogP contribution in [0.1, 0.15) is 0 Å². The molecule has 0 amide bonds. The van der Waals surface area contributed by atoms with Crippen molar-refractivity contribution in [3.05, 3.63) is 231 Å². The lowest BCUT2D eigenvalue weighted by Crippen LogP contribution is -2.10. The van der Waals surface area contributed by atoms with Crippen LogP contribution in [0.15, 0.2) is 231 Å². The predicted octanol–water partition coefficient (Wildman–Crippen LogP) is 17.4. The van der Waals surface area contributed by atoms with Crippen molar-refractivity contribution in [2.24, 2.45) is 0 Å². The van der Waals surface area contributed by atoms with Gasteiger partial charge >= 0.3 is 0 Å². The van der Waals surface area contributed by atoms with Crippen molar-refractivity contribution in [2.45, 2.75) is 0 Å². The number of fused-ring (bicyclic) bond motifs is 11. The van der Waals surface area contributed by atoms with E-state index < -0.39 is 0 Å². The fraction of sp³-hybridized carbons (Fsp3) is 0. The number of anilines is 3. The quantitative estimate of drug-likeness (QED) is 0.152. The van der Waals surface area contributed by atoms with E-state index in [-0.39, 0.29) is 0 Å². The van der Waals surface area contributed by atoms with Gasteiger partial charge in [-0.3, -0.25) is 0 Å². The van der Waals surface area contributed by atoms with Crippen LogP contribution in [0, 0.1) is 0 Å². The van der Waals surface area contributed by atoms with Crippen molar-refractivity contribution >= 4 is 103 Å². The van der Waals surface area contributed by atoms with Crippen LogP contribution >= 0.6 is 11.3 Å². The third kappa shape index (κ3) is 5.64. The zero-order valence-electron chi connectivity index (χ0n) is 34.2. The number of thiophene rings is 1. The molecule has 2 heterocycles. The SMILES string of the molecule is c1ccc(N(c2ccc(-c3cc4ccccc4c4ccccc34)cc2)c2cc3ccccc3c3c2c2ccc(-c4cccc5c4sc4ccccc45)cc2n3-c2ccccc2)cc1. The highest BCUT2D eigenvalue weighted by Gasteiger charge is 2.24. The molecule has 0 aliphatic heterocycles. The molecule has 3 heteroatoms. The van der Waals surface area contributed by atoms with Gasteiger partial charge in [-0.1, -0.05) is 170 Å². The molecule has 2 aromatic heterocycles. The summed E-state index contributed by atoms with van der Waals surface area (Å²) in [6, 6.07) is 84.8. The Hall–Kier alpha value is -7.98. The van der Waals surface area contributed by atoms with Crippen LogP contribution in [0.4, 0.5) is 17.1 Å². The molecule has 0 spiro atoms. The third-order valence-electron chi connectivity index (χ3n) is 12.9. The van der Waals surface area contributed by atoms with E-state index in [9.17, 15) is 0 Å². The summed E-state index contributed by atoms with van der Waals surface area (Å²) in [7, 11) is 0. The summed E-state index contributed by atoms with van der Waals surface area (Å²) in [4.78, 5) is 2.46. The van der Waals surface area contributed by atoms with Gasteiger partial charge in [0.2, 0.25) is 0 Å². The lowest BCUT2D eigenvalue weighted by atomic mass is 9.93. The number of para-hydroxylation sites is 2. The maximum absolute atomic E-state index is 2.50. The molecule has 63 heavy (non-hydrogen) atoms. The normalized spacial score (nSPS) is 11.8. The Labute approximate surface area is 368 Å². The van der Waals surface area contributed by atoms with Crippen molar-refractivity contribution in [1.82, 2.24) is 4.57 Å². The summed E-state index contributed by atoms with van der Waals surface area (Å²) < 4.78 is 5.14. The van der Waals surface area contributed by atoms with Crippen molar-refractivity contribution in [2.75, 3.05) is 4.90 Å². The first-order chi connectivity index (χ1) is 31.3. The Balaban J connectivity index is 1.08. The van der Waals surface area contributed by atoms with E-state index in [2.05, 4.69) is 240 Å². The second-order valence-electron chi connectivity index (χ2n) is 16.4. The van der Waals surface area contributed by atoms with Crippen LogP contribution in [0.5, 0.6) is 0 Å². The van der Waals surface area contributed by atoms with Gasteiger partial charge in [0, 0.05) is 53.4 Å². The molecule has 294 valence electrons. The van der Waals surface area contributed by atoms with E-state index in [1.165, 1.54) is 96.5 Å². The molecule has 0 fully saturated rings. The van der Waals surface area contributed by atoms with Crippen molar-refractivity contribution < 1.29 is 0 Å². The third-order valence-corrected chi connectivity index (χ3v) is 14.1. The van der Waals surface area contributed by atoms with Crippen molar-refractivity contribution in [3.8, 4) is 27.9 Å². The van der Waals surface area contributed by atoms with E-state index in [0.717, 1.165) is 22.7 Å². The van der Waals surface area contributed by atoms with Gasteiger partial charge in [0.1, 0.15) is 0 Å². The van der Waals surface area contributed by atoms with Crippen molar-refractivity contribution in [3.63, 3.8) is 0 Å². The monoisotopic (exact) mass is 818 g/mol. The number of hydrogen-bond acceptors (Lipinski definition) is 2. The Morgan fingerprint density at radius 2 is 0.968 bits per heavy atom. The number of aromatic nitrogens is 1. The summed E-state index contributed by atoms with van der Waals surface area (Å²) in [5.74, 6) is 0. The van der Waals surface area contributed by atoms with Gasteiger partial charge in [-0.25, -0.2) is 0 Å². The Bertz CT molecular complexity index is 3900. The molecule has 0 aliphatic carbocycles. The maximum Gasteiger partial charge on any atom is 0.0640 e. The lowest BCUT2D eigenvalue weighted by molar-refractivity contribution is 1.19. The molecule has 0 atom stereocenters. The predicted molar refractivity (Wildman–Crippen MR) is 272 cm³/mol. The lowest BCUT2D eigenvalue weighted by Gasteiger charge is -2.27. The molecular formula is C60H38N2S. The molecule has 0 unspecified atom stereocenters. The highest BCUT2D eigenvalue weighted by Crippen LogP contribution is 2.49. The molecule has 0 N–H and O–H groups in total. The van der Waals surface area contributed by atoms with Gasteiger partial charge in [0.05, 0.1) is 16.7 Å². The molecule has 13 aromatic rings. The van der Waals surface area contributed by atoms with Crippen LogP contribution in [0.3, 0.4) is 0 Å². The summed E-state index contributed by atoms with van der Waals surface area (Å²) in [6.07, 6.45) is 0. The maximum atomic E-state index is 2.50. The topological polar surface area (TPSA) is 8.17 Å². The van der Waals surface area contributed by atoms with Crippen LogP contribution in [0.25, 0.3) is 102 Å². The van der Waals surface area contributed by atoms with E-state index in [0.29, 0.717) is 0 Å². The zero-order valence-corrected chi connectivity index (χ0v) is 35.1. The summed E-state index contributed by atoms with van der Waals surface area (Å²) in [5.41, 5.74) is 11.7. The van der Waals surface area contributed by atoms with Crippen LogP contribution in [-0.4, -0.2) is 4.57 Å². The van der Waals surface area contributed by atoms with E-state index in [4.69, 9.17) is 0 Å². The number of rotatable bonds is 6.